The molecule has 2 heterocycles. The highest BCUT2D eigenvalue weighted by molar-refractivity contribution is 7.91. The summed E-state index contributed by atoms with van der Waals surface area (Å²) in [5.41, 5.74) is 0. The molecule has 0 atom stereocenters. The van der Waals surface area contributed by atoms with Crippen molar-refractivity contribution in [1.82, 2.24) is 14.7 Å². The van der Waals surface area contributed by atoms with Gasteiger partial charge in [-0.1, -0.05) is 19.3 Å². The number of hydrogen-bond acceptors (Lipinski definition) is 5. The van der Waals surface area contributed by atoms with E-state index in [-0.39, 0.29) is 17.4 Å². The van der Waals surface area contributed by atoms with Gasteiger partial charge in [-0.15, -0.1) is 0 Å². The summed E-state index contributed by atoms with van der Waals surface area (Å²) in [6.07, 6.45) is 6.91. The van der Waals surface area contributed by atoms with Gasteiger partial charge in [-0.25, -0.2) is 8.42 Å². The van der Waals surface area contributed by atoms with E-state index in [2.05, 4.69) is 4.90 Å². The standard InChI is InChI=1S/C17H31N3O3S/c21-17(15-19-10-12-24(22,23)13-11-19)20-8-6-18(7-9-20)14-16-4-2-1-3-5-16/h16H,1-15H2. The summed E-state index contributed by atoms with van der Waals surface area (Å²) in [5.74, 6) is 1.40. The van der Waals surface area contributed by atoms with Gasteiger partial charge in [0.25, 0.3) is 0 Å². The Kier molecular flexibility index (Phi) is 6.16. The van der Waals surface area contributed by atoms with E-state index in [1.54, 1.807) is 0 Å². The first kappa shape index (κ1) is 18.1. The lowest BCUT2D eigenvalue weighted by Gasteiger charge is -2.38. The van der Waals surface area contributed by atoms with Gasteiger partial charge in [-0.05, 0) is 18.8 Å². The average Bonchev–Trinajstić information content (AvgIpc) is 2.58. The smallest absolute Gasteiger partial charge is 0.236 e. The fourth-order valence-corrected chi connectivity index (χ4v) is 5.39. The third-order valence-electron chi connectivity index (χ3n) is 5.76. The Hall–Kier alpha value is -0.660. The minimum absolute atomic E-state index is 0.159. The van der Waals surface area contributed by atoms with Crippen LogP contribution >= 0.6 is 0 Å². The van der Waals surface area contributed by atoms with E-state index in [1.165, 1.54) is 38.6 Å². The van der Waals surface area contributed by atoms with Crippen LogP contribution in [0, 0.1) is 5.92 Å². The van der Waals surface area contributed by atoms with Crippen LogP contribution in [-0.2, 0) is 14.6 Å². The Balaban J connectivity index is 1.37. The lowest BCUT2D eigenvalue weighted by Crippen LogP contribution is -2.53. The number of piperazine rings is 1. The first-order valence-electron chi connectivity index (χ1n) is 9.45. The molecular formula is C17H31N3O3S. The van der Waals surface area contributed by atoms with E-state index in [0.29, 0.717) is 19.6 Å². The van der Waals surface area contributed by atoms with Crippen molar-refractivity contribution in [3.63, 3.8) is 0 Å². The highest BCUT2D eigenvalue weighted by Crippen LogP contribution is 2.24. The molecular weight excluding hydrogens is 326 g/mol. The first-order valence-corrected chi connectivity index (χ1v) is 11.3. The second-order valence-corrected chi connectivity index (χ2v) is 9.92. The molecule has 0 N–H and O–H groups in total. The van der Waals surface area contributed by atoms with Crippen LogP contribution in [0.3, 0.4) is 0 Å². The molecule has 2 saturated heterocycles. The van der Waals surface area contributed by atoms with Crippen molar-refractivity contribution in [2.24, 2.45) is 5.92 Å². The summed E-state index contributed by atoms with van der Waals surface area (Å²) < 4.78 is 22.9. The van der Waals surface area contributed by atoms with Crippen molar-refractivity contribution in [2.45, 2.75) is 32.1 Å². The molecule has 3 fully saturated rings. The van der Waals surface area contributed by atoms with Crippen molar-refractivity contribution in [3.05, 3.63) is 0 Å². The minimum atomic E-state index is -2.87. The van der Waals surface area contributed by atoms with E-state index in [0.717, 1.165) is 32.1 Å². The van der Waals surface area contributed by atoms with Crippen LogP contribution in [0.4, 0.5) is 0 Å². The van der Waals surface area contributed by atoms with E-state index in [9.17, 15) is 13.2 Å². The quantitative estimate of drug-likeness (QED) is 0.731. The first-order chi connectivity index (χ1) is 11.5. The van der Waals surface area contributed by atoms with Gasteiger partial charge in [0.2, 0.25) is 5.91 Å². The number of carbonyl (C=O) groups excluding carboxylic acids is 1. The molecule has 0 unspecified atom stereocenters. The molecule has 2 aliphatic heterocycles. The van der Waals surface area contributed by atoms with Crippen LogP contribution in [0.5, 0.6) is 0 Å². The second-order valence-electron chi connectivity index (χ2n) is 7.61. The number of sulfone groups is 1. The lowest BCUT2D eigenvalue weighted by molar-refractivity contribution is -0.134. The van der Waals surface area contributed by atoms with Crippen LogP contribution in [0.2, 0.25) is 0 Å². The monoisotopic (exact) mass is 357 g/mol. The van der Waals surface area contributed by atoms with Gasteiger partial charge in [0, 0.05) is 45.8 Å². The van der Waals surface area contributed by atoms with Gasteiger partial charge in [0.15, 0.2) is 9.84 Å². The number of hydrogen-bond donors (Lipinski definition) is 0. The maximum absolute atomic E-state index is 12.4. The number of amides is 1. The molecule has 1 saturated carbocycles. The third-order valence-corrected chi connectivity index (χ3v) is 7.37. The molecule has 6 nitrogen and oxygen atoms in total. The fourth-order valence-electron chi connectivity index (χ4n) is 4.11. The van der Waals surface area contributed by atoms with Crippen LogP contribution in [0.15, 0.2) is 0 Å². The van der Waals surface area contributed by atoms with E-state index in [1.807, 2.05) is 9.80 Å². The minimum Gasteiger partial charge on any atom is -0.339 e. The fraction of sp³-hybridized carbons (Fsp3) is 0.941. The largest absolute Gasteiger partial charge is 0.339 e. The molecule has 3 rings (SSSR count). The molecule has 1 amide bonds. The van der Waals surface area contributed by atoms with Crippen molar-refractivity contribution in [2.75, 3.05) is 63.9 Å². The zero-order valence-corrected chi connectivity index (χ0v) is 15.5. The number of carbonyl (C=O) groups is 1. The molecule has 7 heteroatoms. The number of nitrogens with zero attached hydrogens (tertiary/aromatic N) is 3. The Bertz CT molecular complexity index is 509. The molecule has 0 aromatic heterocycles. The van der Waals surface area contributed by atoms with Crippen LogP contribution in [-0.4, -0.2) is 92.9 Å². The molecule has 24 heavy (non-hydrogen) atoms. The zero-order chi connectivity index (χ0) is 17.0. The van der Waals surface area contributed by atoms with Crippen molar-refractivity contribution in [3.8, 4) is 0 Å². The molecule has 0 aromatic rings. The van der Waals surface area contributed by atoms with Gasteiger partial charge in [-0.2, -0.15) is 0 Å². The Morgan fingerprint density at radius 3 is 2.08 bits per heavy atom. The summed E-state index contributed by atoms with van der Waals surface area (Å²) in [7, 11) is -2.87. The lowest BCUT2D eigenvalue weighted by atomic mass is 9.89. The van der Waals surface area contributed by atoms with Crippen molar-refractivity contribution in [1.29, 1.82) is 0 Å². The average molecular weight is 358 g/mol. The Labute approximate surface area is 146 Å². The van der Waals surface area contributed by atoms with Gasteiger partial charge < -0.3 is 4.90 Å². The SMILES string of the molecule is O=C(CN1CCS(=O)(=O)CC1)N1CCN(CC2CCCCC2)CC1. The van der Waals surface area contributed by atoms with Gasteiger partial charge >= 0.3 is 0 Å². The predicted octanol–water partition coefficient (Wildman–Crippen LogP) is 0.441. The second kappa shape index (κ2) is 8.15. The van der Waals surface area contributed by atoms with Crippen molar-refractivity contribution < 1.29 is 13.2 Å². The summed E-state index contributed by atoms with van der Waals surface area (Å²) >= 11 is 0. The molecule has 0 aromatic carbocycles. The summed E-state index contributed by atoms with van der Waals surface area (Å²) in [6, 6.07) is 0. The highest BCUT2D eigenvalue weighted by atomic mass is 32.2. The molecule has 0 radical (unpaired) electrons. The van der Waals surface area contributed by atoms with Crippen LogP contribution in [0.1, 0.15) is 32.1 Å². The summed E-state index contributed by atoms with van der Waals surface area (Å²) in [4.78, 5) is 18.9. The van der Waals surface area contributed by atoms with E-state index in [4.69, 9.17) is 0 Å². The molecule has 3 aliphatic rings. The zero-order valence-electron chi connectivity index (χ0n) is 14.7. The Morgan fingerprint density at radius 2 is 1.46 bits per heavy atom. The predicted molar refractivity (Wildman–Crippen MR) is 94.7 cm³/mol. The number of rotatable bonds is 4. The van der Waals surface area contributed by atoms with Gasteiger partial charge in [0.05, 0.1) is 18.1 Å². The highest BCUT2D eigenvalue weighted by Gasteiger charge is 2.27. The third kappa shape index (κ3) is 5.17. The van der Waals surface area contributed by atoms with E-state index >= 15 is 0 Å². The van der Waals surface area contributed by atoms with Crippen molar-refractivity contribution >= 4 is 15.7 Å². The summed E-state index contributed by atoms with van der Waals surface area (Å²) in [5, 5.41) is 0. The molecule has 0 bridgehead atoms. The van der Waals surface area contributed by atoms with Gasteiger partial charge in [-0.3, -0.25) is 14.6 Å². The topological polar surface area (TPSA) is 60.9 Å². The molecule has 138 valence electrons. The van der Waals surface area contributed by atoms with Gasteiger partial charge in [0.1, 0.15) is 0 Å². The maximum Gasteiger partial charge on any atom is 0.236 e. The van der Waals surface area contributed by atoms with E-state index < -0.39 is 9.84 Å². The van der Waals surface area contributed by atoms with Crippen LogP contribution in [0.25, 0.3) is 0 Å². The molecule has 0 spiro atoms. The Morgan fingerprint density at radius 1 is 0.833 bits per heavy atom. The summed E-state index contributed by atoms with van der Waals surface area (Å²) in [6.45, 7) is 6.16. The maximum atomic E-state index is 12.4. The van der Waals surface area contributed by atoms with Crippen LogP contribution < -0.4 is 0 Å². The normalized spacial score (nSPS) is 27.2. The molecule has 1 aliphatic carbocycles.